The number of ether oxygens (including phenoxy) is 2. The Balaban J connectivity index is 3.29. The number of aliphatic hydroxyl groups excluding tert-OH is 1. The number of halogens is 2. The molecule has 0 aliphatic carbocycles. The van der Waals surface area contributed by atoms with Crippen LogP contribution in [0.25, 0.3) is 0 Å². The number of allylic oxidation sites excluding steroid dienone is 1. The van der Waals surface area contributed by atoms with E-state index in [4.69, 9.17) is 27.9 Å². The van der Waals surface area contributed by atoms with Crippen molar-refractivity contribution in [1.29, 1.82) is 0 Å². The van der Waals surface area contributed by atoms with Crippen molar-refractivity contribution in [3.8, 4) is 0 Å². The van der Waals surface area contributed by atoms with Crippen molar-refractivity contribution >= 4 is 47.0 Å². The van der Waals surface area contributed by atoms with E-state index in [1.54, 1.807) is 13.8 Å². The van der Waals surface area contributed by atoms with Crippen molar-refractivity contribution in [2.75, 3.05) is 7.11 Å². The fourth-order valence-electron chi connectivity index (χ4n) is 1.63. The van der Waals surface area contributed by atoms with Gasteiger partial charge in [-0.1, -0.05) is 23.2 Å². The average Bonchev–Trinajstić information content (AvgIpc) is 2.48. The largest absolute Gasteiger partial charge is 0.512 e. The standard InChI is InChI=1S/C16H17Cl2NO5/c1-8(2)24-16(22)11-5-10(17)6-13(14(11)18)19-7-12(9(3)20)15(21)23-4/h5-8,20H,1-4H3. The summed E-state index contributed by atoms with van der Waals surface area (Å²) in [6.45, 7) is 4.71. The lowest BCUT2D eigenvalue weighted by molar-refractivity contribution is -0.135. The second-order valence-corrected chi connectivity index (χ2v) is 5.80. The molecule has 0 bridgehead atoms. The number of carbonyl (C=O) groups excluding carboxylic acids is 2. The molecule has 24 heavy (non-hydrogen) atoms. The highest BCUT2D eigenvalue weighted by Crippen LogP contribution is 2.33. The van der Waals surface area contributed by atoms with Gasteiger partial charge < -0.3 is 14.6 Å². The third-order valence-corrected chi connectivity index (χ3v) is 3.32. The molecule has 130 valence electrons. The summed E-state index contributed by atoms with van der Waals surface area (Å²) in [5, 5.41) is 9.74. The molecule has 1 aromatic carbocycles. The van der Waals surface area contributed by atoms with Gasteiger partial charge in [-0.3, -0.25) is 4.99 Å². The van der Waals surface area contributed by atoms with Crippen molar-refractivity contribution in [3.05, 3.63) is 39.1 Å². The summed E-state index contributed by atoms with van der Waals surface area (Å²) in [5.41, 5.74) is 0.0386. The molecule has 8 heteroatoms. The number of nitrogens with zero attached hydrogens (tertiary/aromatic N) is 1. The summed E-state index contributed by atoms with van der Waals surface area (Å²) in [5.74, 6) is -1.68. The maximum absolute atomic E-state index is 12.0. The van der Waals surface area contributed by atoms with Crippen molar-refractivity contribution < 1.29 is 24.2 Å². The van der Waals surface area contributed by atoms with E-state index in [9.17, 15) is 14.7 Å². The highest BCUT2D eigenvalue weighted by atomic mass is 35.5. The van der Waals surface area contributed by atoms with Gasteiger partial charge in [0.25, 0.3) is 0 Å². The predicted molar refractivity (Wildman–Crippen MR) is 92.5 cm³/mol. The highest BCUT2D eigenvalue weighted by Gasteiger charge is 2.18. The zero-order chi connectivity index (χ0) is 18.4. The normalized spacial score (nSPS) is 12.3. The first kappa shape index (κ1) is 20.0. The van der Waals surface area contributed by atoms with Crippen LogP contribution in [0.3, 0.4) is 0 Å². The van der Waals surface area contributed by atoms with Crippen LogP contribution < -0.4 is 0 Å². The lowest BCUT2D eigenvalue weighted by atomic mass is 10.2. The van der Waals surface area contributed by atoms with Crippen LogP contribution in [-0.2, 0) is 14.3 Å². The molecule has 0 spiro atoms. The minimum absolute atomic E-state index is 0.0149. The molecule has 0 heterocycles. The average molecular weight is 374 g/mol. The maximum Gasteiger partial charge on any atom is 0.342 e. The number of methoxy groups -OCH3 is 1. The molecule has 0 atom stereocenters. The fraction of sp³-hybridized carbons (Fsp3) is 0.312. The van der Waals surface area contributed by atoms with Gasteiger partial charge >= 0.3 is 11.9 Å². The first-order chi connectivity index (χ1) is 11.2. The van der Waals surface area contributed by atoms with Crippen LogP contribution in [0.5, 0.6) is 0 Å². The Hall–Kier alpha value is -2.05. The molecule has 0 radical (unpaired) electrons. The van der Waals surface area contributed by atoms with Crippen molar-refractivity contribution in [3.63, 3.8) is 0 Å². The molecule has 0 saturated carbocycles. The topological polar surface area (TPSA) is 85.2 Å². The SMILES string of the molecule is COC(=O)C(C=Nc1cc(Cl)cc(C(=O)OC(C)C)c1Cl)=C(C)O. The second-order valence-electron chi connectivity index (χ2n) is 4.99. The van der Waals surface area contributed by atoms with Crippen LogP contribution in [0.1, 0.15) is 31.1 Å². The minimum atomic E-state index is -0.767. The van der Waals surface area contributed by atoms with Crippen LogP contribution in [0, 0.1) is 0 Å². The first-order valence-electron chi connectivity index (χ1n) is 6.89. The highest BCUT2D eigenvalue weighted by molar-refractivity contribution is 6.38. The van der Waals surface area contributed by atoms with E-state index in [1.165, 1.54) is 26.2 Å². The van der Waals surface area contributed by atoms with Crippen LogP contribution in [0.4, 0.5) is 5.69 Å². The van der Waals surface area contributed by atoms with Gasteiger partial charge in [0.2, 0.25) is 0 Å². The van der Waals surface area contributed by atoms with Gasteiger partial charge in [0.15, 0.2) is 0 Å². The van der Waals surface area contributed by atoms with Gasteiger partial charge in [0.05, 0.1) is 29.5 Å². The second kappa shape index (κ2) is 8.70. The van der Waals surface area contributed by atoms with Gasteiger partial charge in [-0.25, -0.2) is 9.59 Å². The molecule has 0 aromatic heterocycles. The van der Waals surface area contributed by atoms with E-state index < -0.39 is 11.9 Å². The third kappa shape index (κ3) is 5.25. The molecule has 0 aliphatic rings. The number of esters is 2. The number of aliphatic imine (C=N–C) groups is 1. The molecule has 0 saturated heterocycles. The Morgan fingerprint density at radius 2 is 1.92 bits per heavy atom. The zero-order valence-electron chi connectivity index (χ0n) is 13.6. The smallest absolute Gasteiger partial charge is 0.342 e. The lowest BCUT2D eigenvalue weighted by Crippen LogP contribution is -2.12. The molecular formula is C16H17Cl2NO5. The summed E-state index contributed by atoms with van der Waals surface area (Å²) in [7, 11) is 1.17. The van der Waals surface area contributed by atoms with E-state index in [0.717, 1.165) is 6.21 Å². The monoisotopic (exact) mass is 373 g/mol. The molecule has 1 N–H and O–H groups in total. The first-order valence-corrected chi connectivity index (χ1v) is 7.65. The molecule has 0 fully saturated rings. The molecule has 1 rings (SSSR count). The van der Waals surface area contributed by atoms with Gasteiger partial charge in [-0.05, 0) is 32.9 Å². The van der Waals surface area contributed by atoms with Gasteiger partial charge in [0, 0.05) is 11.2 Å². The molecule has 1 aromatic rings. The number of hydrogen-bond donors (Lipinski definition) is 1. The summed E-state index contributed by atoms with van der Waals surface area (Å²) in [6, 6.07) is 2.77. The number of rotatable bonds is 5. The van der Waals surface area contributed by atoms with Gasteiger partial charge in [-0.15, -0.1) is 0 Å². The third-order valence-electron chi connectivity index (χ3n) is 2.71. The fourth-order valence-corrected chi connectivity index (χ4v) is 2.08. The van der Waals surface area contributed by atoms with Gasteiger partial charge in [0.1, 0.15) is 11.3 Å². The van der Waals surface area contributed by atoms with Crippen LogP contribution in [-0.4, -0.2) is 36.5 Å². The Morgan fingerprint density at radius 3 is 2.42 bits per heavy atom. The van der Waals surface area contributed by atoms with Crippen molar-refractivity contribution in [2.45, 2.75) is 26.9 Å². The van der Waals surface area contributed by atoms with Gasteiger partial charge in [-0.2, -0.15) is 0 Å². The molecule has 0 aliphatic heterocycles. The quantitative estimate of drug-likeness (QED) is 0.360. The molecular weight excluding hydrogens is 357 g/mol. The summed E-state index contributed by atoms with van der Waals surface area (Å²) in [6.07, 6.45) is 0.751. The van der Waals surface area contributed by atoms with Crippen molar-refractivity contribution in [2.24, 2.45) is 4.99 Å². The molecule has 0 amide bonds. The number of benzene rings is 1. The predicted octanol–water partition coefficient (Wildman–Crippen LogP) is 4.27. The Labute approximate surface area is 149 Å². The number of hydrogen-bond acceptors (Lipinski definition) is 6. The summed E-state index contributed by atoms with van der Waals surface area (Å²) < 4.78 is 9.63. The molecule has 0 unspecified atom stereocenters. The Morgan fingerprint density at radius 1 is 1.29 bits per heavy atom. The van der Waals surface area contributed by atoms with E-state index in [2.05, 4.69) is 9.73 Å². The van der Waals surface area contributed by atoms with Crippen molar-refractivity contribution in [1.82, 2.24) is 0 Å². The number of carbonyl (C=O) groups is 2. The summed E-state index contributed by atoms with van der Waals surface area (Å²) >= 11 is 12.1. The van der Waals surface area contributed by atoms with Crippen LogP contribution >= 0.6 is 23.2 Å². The minimum Gasteiger partial charge on any atom is -0.512 e. The van der Waals surface area contributed by atoms with E-state index in [1.807, 2.05) is 0 Å². The Kier molecular flexibility index (Phi) is 7.25. The summed E-state index contributed by atoms with van der Waals surface area (Å²) in [4.78, 5) is 27.6. The maximum atomic E-state index is 12.0. The number of aliphatic hydroxyl groups is 1. The van der Waals surface area contributed by atoms with Crippen LogP contribution in [0.15, 0.2) is 28.5 Å². The molecule has 6 nitrogen and oxygen atoms in total. The van der Waals surface area contributed by atoms with E-state index in [-0.39, 0.29) is 38.7 Å². The van der Waals surface area contributed by atoms with E-state index in [0.29, 0.717) is 0 Å². The van der Waals surface area contributed by atoms with Crippen LogP contribution in [0.2, 0.25) is 10.0 Å². The van der Waals surface area contributed by atoms with E-state index >= 15 is 0 Å². The Bertz CT molecular complexity index is 707. The lowest BCUT2D eigenvalue weighted by Gasteiger charge is -2.11. The zero-order valence-corrected chi connectivity index (χ0v) is 15.1.